The van der Waals surface area contributed by atoms with Crippen molar-refractivity contribution in [2.24, 2.45) is 0 Å². The molecule has 0 amide bonds. The molecule has 1 aliphatic carbocycles. The molecule has 0 spiro atoms. The number of hydrogen-bond donors (Lipinski definition) is 1. The largest absolute Gasteiger partial charge is 0.491 e. The van der Waals surface area contributed by atoms with Gasteiger partial charge >= 0.3 is 6.18 Å². The van der Waals surface area contributed by atoms with E-state index in [0.717, 1.165) is 25.7 Å². The van der Waals surface area contributed by atoms with Crippen LogP contribution in [0.3, 0.4) is 0 Å². The van der Waals surface area contributed by atoms with Gasteiger partial charge in [0.15, 0.2) is 17.2 Å². The van der Waals surface area contributed by atoms with E-state index < -0.39 is 11.9 Å². The van der Waals surface area contributed by atoms with Crippen LogP contribution in [0.25, 0.3) is 22.4 Å². The van der Waals surface area contributed by atoms with Crippen LogP contribution in [0, 0.1) is 0 Å². The number of pyridine rings is 1. The molecule has 3 aromatic rings. The molecule has 0 radical (unpaired) electrons. The van der Waals surface area contributed by atoms with Crippen molar-refractivity contribution in [3.8, 4) is 17.1 Å². The van der Waals surface area contributed by atoms with Crippen LogP contribution in [0.2, 0.25) is 0 Å². The number of hydrogen-bond acceptors (Lipinski definition) is 6. The van der Waals surface area contributed by atoms with E-state index in [1.165, 1.54) is 17.1 Å². The Balaban J connectivity index is 1.96. The van der Waals surface area contributed by atoms with Crippen molar-refractivity contribution >= 4 is 16.9 Å². The number of alkyl halides is 3. The molecule has 0 unspecified atom stereocenters. The van der Waals surface area contributed by atoms with Crippen LogP contribution in [-0.2, 0) is 6.18 Å². The number of anilines is 1. The van der Waals surface area contributed by atoms with Crippen molar-refractivity contribution < 1.29 is 17.9 Å². The summed E-state index contributed by atoms with van der Waals surface area (Å²) in [5.74, 6) is 0.367. The highest BCUT2D eigenvalue weighted by Gasteiger charge is 2.40. The number of aromatic nitrogens is 5. The Morgan fingerprint density at radius 1 is 1.25 bits per heavy atom. The zero-order valence-electron chi connectivity index (χ0n) is 15.2. The Kier molecular flexibility index (Phi) is 4.56. The number of nitrogens with zero attached hydrogens (tertiary/aromatic N) is 5. The highest BCUT2D eigenvalue weighted by molar-refractivity contribution is 5.90. The maximum Gasteiger partial charge on any atom is 0.435 e. The number of halogens is 3. The zero-order valence-corrected chi connectivity index (χ0v) is 15.2. The number of fused-ring (bicyclic) bond motifs is 1. The number of ether oxygens (including phenoxy) is 1. The van der Waals surface area contributed by atoms with Crippen LogP contribution in [-0.4, -0.2) is 31.3 Å². The van der Waals surface area contributed by atoms with Gasteiger partial charge in [0, 0.05) is 6.20 Å². The third-order valence-corrected chi connectivity index (χ3v) is 4.84. The van der Waals surface area contributed by atoms with Crippen LogP contribution in [0.4, 0.5) is 19.0 Å². The summed E-state index contributed by atoms with van der Waals surface area (Å²) in [6.45, 7) is 2.22. The second-order valence-electron chi connectivity index (χ2n) is 6.67. The second-order valence-corrected chi connectivity index (χ2v) is 6.67. The summed E-state index contributed by atoms with van der Waals surface area (Å²) in [5.41, 5.74) is 5.53. The first kappa shape index (κ1) is 18.5. The normalized spacial score (nSPS) is 15.4. The third-order valence-electron chi connectivity index (χ3n) is 4.84. The molecule has 2 N–H and O–H groups in total. The maximum absolute atomic E-state index is 13.6. The summed E-state index contributed by atoms with van der Waals surface area (Å²) in [7, 11) is 0. The predicted molar refractivity (Wildman–Crippen MR) is 96.6 cm³/mol. The van der Waals surface area contributed by atoms with Crippen molar-refractivity contribution in [2.75, 3.05) is 12.3 Å². The van der Waals surface area contributed by atoms with E-state index in [1.54, 1.807) is 6.07 Å². The van der Waals surface area contributed by atoms with E-state index >= 15 is 0 Å². The van der Waals surface area contributed by atoms with E-state index in [9.17, 15) is 13.2 Å². The van der Waals surface area contributed by atoms with Gasteiger partial charge in [0.2, 0.25) is 0 Å². The first-order chi connectivity index (χ1) is 13.4. The molecular weight excluding hydrogens is 373 g/mol. The lowest BCUT2D eigenvalue weighted by atomic mass is 10.2. The molecule has 1 fully saturated rings. The van der Waals surface area contributed by atoms with Crippen molar-refractivity contribution in [3.05, 3.63) is 24.2 Å². The molecule has 148 valence electrons. The number of nitrogen functional groups attached to an aromatic ring is 1. The quantitative estimate of drug-likeness (QED) is 0.721. The van der Waals surface area contributed by atoms with Gasteiger partial charge in [-0.1, -0.05) is 12.8 Å². The van der Waals surface area contributed by atoms with E-state index in [0.29, 0.717) is 17.9 Å². The fourth-order valence-electron chi connectivity index (χ4n) is 3.62. The van der Waals surface area contributed by atoms with Crippen molar-refractivity contribution in [3.63, 3.8) is 0 Å². The number of rotatable bonds is 4. The second kappa shape index (κ2) is 6.92. The maximum atomic E-state index is 13.6. The van der Waals surface area contributed by atoms with Crippen LogP contribution in [0.1, 0.15) is 44.3 Å². The summed E-state index contributed by atoms with van der Waals surface area (Å²) in [6, 6.07) is 1.51. The molecule has 1 saturated carbocycles. The molecule has 0 atom stereocenters. The molecule has 28 heavy (non-hydrogen) atoms. The molecule has 0 bridgehead atoms. The Hall–Kier alpha value is -2.91. The van der Waals surface area contributed by atoms with Gasteiger partial charge in [0.1, 0.15) is 11.6 Å². The fraction of sp³-hybridized carbons (Fsp3) is 0.444. The summed E-state index contributed by atoms with van der Waals surface area (Å²) in [5, 5.41) is 3.61. The molecule has 0 saturated heterocycles. The summed E-state index contributed by atoms with van der Waals surface area (Å²) in [4.78, 5) is 12.6. The minimum absolute atomic E-state index is 0.0981. The fourth-order valence-corrected chi connectivity index (χ4v) is 3.62. The minimum Gasteiger partial charge on any atom is -0.491 e. The van der Waals surface area contributed by atoms with Crippen LogP contribution in [0.15, 0.2) is 18.5 Å². The average Bonchev–Trinajstić information content (AvgIpc) is 3.29. The van der Waals surface area contributed by atoms with Gasteiger partial charge in [-0.25, -0.2) is 14.6 Å². The van der Waals surface area contributed by atoms with Gasteiger partial charge in [0.25, 0.3) is 0 Å². The summed E-state index contributed by atoms with van der Waals surface area (Å²) >= 11 is 0. The average molecular weight is 392 g/mol. The molecule has 10 heteroatoms. The lowest BCUT2D eigenvalue weighted by Gasteiger charge is -2.12. The molecule has 7 nitrogen and oxygen atoms in total. The SMILES string of the molecule is CCOc1cnccc1-c1nc(N)c2c(C(F)(F)F)nn(C3CCCC3)c2n1. The molecular formula is C18H19F3N6O. The van der Waals surface area contributed by atoms with Crippen molar-refractivity contribution in [2.45, 2.75) is 44.8 Å². The minimum atomic E-state index is -4.64. The van der Waals surface area contributed by atoms with E-state index in [2.05, 4.69) is 20.1 Å². The topological polar surface area (TPSA) is 91.7 Å². The molecule has 3 heterocycles. The van der Waals surface area contributed by atoms with Crippen LogP contribution in [0.5, 0.6) is 5.75 Å². The van der Waals surface area contributed by atoms with Gasteiger partial charge in [-0.15, -0.1) is 0 Å². The lowest BCUT2D eigenvalue weighted by Crippen LogP contribution is -2.11. The van der Waals surface area contributed by atoms with Gasteiger partial charge in [0.05, 0.1) is 29.8 Å². The summed E-state index contributed by atoms with van der Waals surface area (Å²) in [6.07, 6.45) is 1.81. The Labute approximate surface area is 158 Å². The van der Waals surface area contributed by atoms with Crippen molar-refractivity contribution in [1.29, 1.82) is 0 Å². The van der Waals surface area contributed by atoms with Gasteiger partial charge in [-0.05, 0) is 25.8 Å². The van der Waals surface area contributed by atoms with Gasteiger partial charge < -0.3 is 10.5 Å². The molecule has 0 aromatic carbocycles. The molecule has 1 aliphatic rings. The number of nitrogens with two attached hydrogens (primary N) is 1. The van der Waals surface area contributed by atoms with Gasteiger partial charge in [-0.2, -0.15) is 18.3 Å². The third kappa shape index (κ3) is 3.12. The predicted octanol–water partition coefficient (Wildman–Crippen LogP) is 4.00. The lowest BCUT2D eigenvalue weighted by molar-refractivity contribution is -0.140. The Morgan fingerprint density at radius 3 is 2.68 bits per heavy atom. The van der Waals surface area contributed by atoms with Crippen LogP contribution >= 0.6 is 0 Å². The molecule has 3 aromatic heterocycles. The van der Waals surface area contributed by atoms with E-state index in [-0.39, 0.29) is 28.7 Å². The van der Waals surface area contributed by atoms with Gasteiger partial charge in [-0.3, -0.25) is 4.98 Å². The highest BCUT2D eigenvalue weighted by Crippen LogP contribution is 2.40. The molecule has 0 aliphatic heterocycles. The zero-order chi connectivity index (χ0) is 19.9. The van der Waals surface area contributed by atoms with Crippen LogP contribution < -0.4 is 10.5 Å². The Morgan fingerprint density at radius 2 is 2.00 bits per heavy atom. The first-order valence-electron chi connectivity index (χ1n) is 9.10. The first-order valence-corrected chi connectivity index (χ1v) is 9.10. The summed E-state index contributed by atoms with van der Waals surface area (Å²) < 4.78 is 47.6. The monoisotopic (exact) mass is 392 g/mol. The highest BCUT2D eigenvalue weighted by atomic mass is 19.4. The smallest absolute Gasteiger partial charge is 0.435 e. The van der Waals surface area contributed by atoms with E-state index in [1.807, 2.05) is 6.92 Å². The molecule has 4 rings (SSSR count). The van der Waals surface area contributed by atoms with E-state index in [4.69, 9.17) is 10.5 Å². The standard InChI is InChI=1S/C18H19F3N6O/c1-2-28-12-9-23-8-7-11(12)16-24-15(22)13-14(18(19,20)21)26-27(17(13)25-16)10-5-3-4-6-10/h7-10H,2-6H2,1H3,(H2,22,24,25). The Bertz CT molecular complexity index is 1010. The van der Waals surface area contributed by atoms with Crippen molar-refractivity contribution in [1.82, 2.24) is 24.7 Å².